The van der Waals surface area contributed by atoms with Gasteiger partial charge in [0.25, 0.3) is 0 Å². The average Bonchev–Trinajstić information content (AvgIpc) is 2.40. The second-order valence-corrected chi connectivity index (χ2v) is 8.37. The first kappa shape index (κ1) is 15.8. The van der Waals surface area contributed by atoms with Crippen molar-refractivity contribution in [3.05, 3.63) is 0 Å². The molecule has 0 heterocycles. The van der Waals surface area contributed by atoms with Crippen LogP contribution in [0.3, 0.4) is 0 Å². The van der Waals surface area contributed by atoms with Crippen LogP contribution in [0, 0.1) is 11.8 Å². The Labute approximate surface area is 121 Å². The van der Waals surface area contributed by atoms with Crippen molar-refractivity contribution >= 4 is 15.9 Å². The van der Waals surface area contributed by atoms with Crippen LogP contribution >= 0.6 is 0 Å². The number of hydrogen-bond donors (Lipinski definition) is 2. The van der Waals surface area contributed by atoms with E-state index in [9.17, 15) is 13.2 Å². The number of nitrogens with two attached hydrogens (primary N) is 1. The van der Waals surface area contributed by atoms with Gasteiger partial charge in [-0.05, 0) is 57.3 Å². The molecule has 0 unspecified atom stereocenters. The van der Waals surface area contributed by atoms with Crippen LogP contribution in [0.4, 0.5) is 0 Å². The largest absolute Gasteiger partial charge is 0.353 e. The molecule has 2 fully saturated rings. The molecule has 116 valence electrons. The fourth-order valence-electron chi connectivity index (χ4n) is 3.38. The number of carbonyl (C=O) groups is 1. The molecule has 3 N–H and O–H groups in total. The molecule has 2 aliphatic carbocycles. The number of carbonyl (C=O) groups excluding carboxylic acids is 1. The smallest absolute Gasteiger partial charge is 0.223 e. The van der Waals surface area contributed by atoms with Gasteiger partial charge in [-0.1, -0.05) is 6.92 Å². The van der Waals surface area contributed by atoms with Gasteiger partial charge in [-0.15, -0.1) is 0 Å². The van der Waals surface area contributed by atoms with E-state index in [0.717, 1.165) is 18.8 Å². The molecule has 0 aromatic rings. The van der Waals surface area contributed by atoms with E-state index in [4.69, 9.17) is 5.14 Å². The number of primary sulfonamides is 1. The predicted octanol–water partition coefficient (Wildman–Crippen LogP) is 1.53. The van der Waals surface area contributed by atoms with Gasteiger partial charge in [0.15, 0.2) is 0 Å². The molecule has 1 amide bonds. The van der Waals surface area contributed by atoms with Crippen LogP contribution < -0.4 is 10.5 Å². The van der Waals surface area contributed by atoms with Crippen LogP contribution in [0.5, 0.6) is 0 Å². The van der Waals surface area contributed by atoms with Crippen molar-refractivity contribution in [2.45, 2.75) is 69.6 Å². The van der Waals surface area contributed by atoms with Crippen molar-refractivity contribution in [3.8, 4) is 0 Å². The van der Waals surface area contributed by atoms with Crippen molar-refractivity contribution in [2.24, 2.45) is 17.0 Å². The molecule has 0 aromatic heterocycles. The van der Waals surface area contributed by atoms with Gasteiger partial charge in [0.2, 0.25) is 15.9 Å². The molecule has 0 aliphatic heterocycles. The molecule has 0 atom stereocenters. The highest BCUT2D eigenvalue weighted by molar-refractivity contribution is 7.89. The van der Waals surface area contributed by atoms with Crippen molar-refractivity contribution in [2.75, 3.05) is 0 Å². The molecule has 2 aliphatic rings. The third-order valence-electron chi connectivity index (χ3n) is 4.87. The highest BCUT2D eigenvalue weighted by Crippen LogP contribution is 2.29. The van der Waals surface area contributed by atoms with E-state index in [2.05, 4.69) is 12.2 Å². The molecular formula is C14H26N2O3S. The van der Waals surface area contributed by atoms with E-state index in [1.54, 1.807) is 0 Å². The van der Waals surface area contributed by atoms with Gasteiger partial charge in [0.1, 0.15) is 0 Å². The van der Waals surface area contributed by atoms with Gasteiger partial charge in [-0.25, -0.2) is 13.6 Å². The Morgan fingerprint density at radius 2 is 1.55 bits per heavy atom. The lowest BCUT2D eigenvalue weighted by Gasteiger charge is -2.31. The zero-order chi connectivity index (χ0) is 14.8. The normalized spacial score (nSPS) is 35.5. The summed E-state index contributed by atoms with van der Waals surface area (Å²) in [4.78, 5) is 12.2. The Balaban J connectivity index is 1.77. The first-order chi connectivity index (χ1) is 9.36. The van der Waals surface area contributed by atoms with Crippen LogP contribution in [0.2, 0.25) is 0 Å². The number of sulfonamides is 1. The lowest BCUT2D eigenvalue weighted by Crippen LogP contribution is -2.43. The fourth-order valence-corrected chi connectivity index (χ4v) is 4.31. The Morgan fingerprint density at radius 3 is 2.05 bits per heavy atom. The molecule has 0 saturated heterocycles. The van der Waals surface area contributed by atoms with Crippen LogP contribution in [-0.2, 0) is 14.8 Å². The second kappa shape index (κ2) is 6.43. The summed E-state index contributed by atoms with van der Waals surface area (Å²) < 4.78 is 22.6. The summed E-state index contributed by atoms with van der Waals surface area (Å²) in [6, 6.07) is 0.315. The van der Waals surface area contributed by atoms with Crippen molar-refractivity contribution in [3.63, 3.8) is 0 Å². The van der Waals surface area contributed by atoms with Crippen molar-refractivity contribution in [1.82, 2.24) is 5.32 Å². The topological polar surface area (TPSA) is 89.3 Å². The molecular weight excluding hydrogens is 276 g/mol. The third kappa shape index (κ3) is 4.19. The third-order valence-corrected chi connectivity index (χ3v) is 6.27. The zero-order valence-corrected chi connectivity index (χ0v) is 13.0. The second-order valence-electron chi connectivity index (χ2n) is 6.53. The summed E-state index contributed by atoms with van der Waals surface area (Å²) in [5.41, 5.74) is 0. The molecule has 0 aromatic carbocycles. The van der Waals surface area contributed by atoms with E-state index < -0.39 is 15.3 Å². The van der Waals surface area contributed by atoms with Crippen LogP contribution in [0.1, 0.15) is 58.3 Å². The molecule has 5 nitrogen and oxygen atoms in total. The summed E-state index contributed by atoms with van der Waals surface area (Å²) in [7, 11) is -3.44. The van der Waals surface area contributed by atoms with E-state index in [-0.39, 0.29) is 11.8 Å². The monoisotopic (exact) mass is 302 g/mol. The van der Waals surface area contributed by atoms with E-state index in [1.165, 1.54) is 12.8 Å². The minimum Gasteiger partial charge on any atom is -0.353 e. The fraction of sp³-hybridized carbons (Fsp3) is 0.929. The SMILES string of the molecule is CC1CCC(NC(=O)C2CCC(S(N)(=O)=O)CC2)CC1. The number of nitrogens with one attached hydrogen (secondary N) is 1. The first-order valence-corrected chi connectivity index (χ1v) is 9.29. The summed E-state index contributed by atoms with van der Waals surface area (Å²) >= 11 is 0. The molecule has 20 heavy (non-hydrogen) atoms. The summed E-state index contributed by atoms with van der Waals surface area (Å²) in [5, 5.41) is 7.85. The molecule has 0 radical (unpaired) electrons. The Bertz CT molecular complexity index is 433. The maximum Gasteiger partial charge on any atom is 0.223 e. The number of amides is 1. The van der Waals surface area contributed by atoms with Crippen molar-refractivity contribution in [1.29, 1.82) is 0 Å². The van der Waals surface area contributed by atoms with Crippen LogP contribution in [0.25, 0.3) is 0 Å². The molecule has 0 spiro atoms. The van der Waals surface area contributed by atoms with Gasteiger partial charge < -0.3 is 5.32 Å². The highest BCUT2D eigenvalue weighted by Gasteiger charge is 2.32. The van der Waals surface area contributed by atoms with Gasteiger partial charge in [0, 0.05) is 12.0 Å². The summed E-state index contributed by atoms with van der Waals surface area (Å²) in [5.74, 6) is 0.845. The minimum absolute atomic E-state index is 0.0349. The molecule has 6 heteroatoms. The Morgan fingerprint density at radius 1 is 1.00 bits per heavy atom. The van der Waals surface area contributed by atoms with E-state index in [1.807, 2.05) is 0 Å². The van der Waals surface area contributed by atoms with E-state index >= 15 is 0 Å². The quantitative estimate of drug-likeness (QED) is 0.828. The standard InChI is InChI=1S/C14H26N2O3S/c1-10-2-6-12(7-3-10)16-14(17)11-4-8-13(9-5-11)20(15,18)19/h10-13H,2-9H2,1H3,(H,16,17)(H2,15,18,19). The van der Waals surface area contributed by atoms with Gasteiger partial charge in [-0.2, -0.15) is 0 Å². The maximum atomic E-state index is 12.2. The van der Waals surface area contributed by atoms with Crippen LogP contribution in [0.15, 0.2) is 0 Å². The number of rotatable bonds is 3. The van der Waals surface area contributed by atoms with Crippen molar-refractivity contribution < 1.29 is 13.2 Å². The predicted molar refractivity (Wildman–Crippen MR) is 78.4 cm³/mol. The lowest BCUT2D eigenvalue weighted by atomic mass is 9.85. The first-order valence-electron chi connectivity index (χ1n) is 7.68. The molecule has 2 rings (SSSR count). The minimum atomic E-state index is -3.44. The molecule has 2 saturated carbocycles. The molecule has 0 bridgehead atoms. The number of hydrogen-bond acceptors (Lipinski definition) is 3. The Hall–Kier alpha value is -0.620. The van der Waals surface area contributed by atoms with Gasteiger partial charge >= 0.3 is 0 Å². The van der Waals surface area contributed by atoms with Crippen LogP contribution in [-0.4, -0.2) is 25.6 Å². The highest BCUT2D eigenvalue weighted by atomic mass is 32.2. The lowest BCUT2D eigenvalue weighted by molar-refractivity contribution is -0.126. The average molecular weight is 302 g/mol. The Kier molecular flexibility index (Phi) is 5.07. The zero-order valence-electron chi connectivity index (χ0n) is 12.2. The summed E-state index contributed by atoms with van der Waals surface area (Å²) in [6.07, 6.45) is 6.80. The van der Waals surface area contributed by atoms with E-state index in [0.29, 0.717) is 31.7 Å². The van der Waals surface area contributed by atoms with Gasteiger partial charge in [-0.3, -0.25) is 4.79 Å². The van der Waals surface area contributed by atoms with Gasteiger partial charge in [0.05, 0.1) is 5.25 Å². The summed E-state index contributed by atoms with van der Waals surface area (Å²) in [6.45, 7) is 2.26. The maximum absolute atomic E-state index is 12.2.